The van der Waals surface area contributed by atoms with Gasteiger partial charge in [-0.3, -0.25) is 0 Å². The first-order valence-corrected chi connectivity index (χ1v) is 6.00. The Morgan fingerprint density at radius 3 is 2.56 bits per heavy atom. The van der Waals surface area contributed by atoms with Gasteiger partial charge in [-0.15, -0.1) is 0 Å². The van der Waals surface area contributed by atoms with Crippen molar-refractivity contribution in [1.82, 2.24) is 0 Å². The lowest BCUT2D eigenvalue weighted by Crippen LogP contribution is -2.46. The molecule has 1 saturated heterocycles. The molecule has 4 heteroatoms. The van der Waals surface area contributed by atoms with Crippen molar-refractivity contribution >= 4 is 0 Å². The minimum absolute atomic E-state index is 0.174. The minimum atomic E-state index is -1.52. The Morgan fingerprint density at radius 2 is 2.00 bits per heavy atom. The maximum atomic E-state index is 13.8. The maximum absolute atomic E-state index is 13.8. The molecular formula is C14H16FNO2. The molecule has 1 aromatic carbocycles. The predicted octanol–water partition coefficient (Wildman–Crippen LogP) is 2.35. The molecule has 0 saturated carbocycles. The van der Waals surface area contributed by atoms with E-state index in [2.05, 4.69) is 6.07 Å². The summed E-state index contributed by atoms with van der Waals surface area (Å²) in [6.45, 7) is 2.34. The number of nitrogens with zero attached hydrogens (tertiary/aromatic N) is 1. The molecule has 1 unspecified atom stereocenters. The molecule has 1 aromatic rings. The van der Waals surface area contributed by atoms with E-state index in [1.165, 1.54) is 19.1 Å². The largest absolute Gasteiger partial charge is 0.384 e. The molecule has 0 aromatic heterocycles. The average molecular weight is 249 g/mol. The van der Waals surface area contributed by atoms with E-state index in [4.69, 9.17) is 4.74 Å². The lowest BCUT2D eigenvalue weighted by Gasteiger charge is -2.42. The summed E-state index contributed by atoms with van der Waals surface area (Å²) < 4.78 is 19.1. The van der Waals surface area contributed by atoms with Crippen LogP contribution in [0, 0.1) is 22.6 Å². The highest BCUT2D eigenvalue weighted by atomic mass is 19.1. The quantitative estimate of drug-likeness (QED) is 0.875. The van der Waals surface area contributed by atoms with E-state index in [-0.39, 0.29) is 5.56 Å². The molecule has 1 aliphatic rings. The standard InChI is InChI=1S/C14H16FNO2/c1-13(17,11-4-2-3-5-12(11)15)14(10-16)6-8-18-9-7-14/h2-5,17H,6-9H2,1H3. The third-order valence-corrected chi connectivity index (χ3v) is 3.89. The molecule has 0 aliphatic carbocycles. The van der Waals surface area contributed by atoms with Crippen molar-refractivity contribution in [1.29, 1.82) is 5.26 Å². The number of ether oxygens (including phenoxy) is 1. The maximum Gasteiger partial charge on any atom is 0.129 e. The lowest BCUT2D eigenvalue weighted by atomic mass is 9.65. The van der Waals surface area contributed by atoms with E-state index in [0.717, 1.165) is 0 Å². The number of rotatable bonds is 2. The minimum Gasteiger partial charge on any atom is -0.384 e. The molecule has 1 heterocycles. The summed E-state index contributed by atoms with van der Waals surface area (Å²) in [4.78, 5) is 0. The lowest BCUT2D eigenvalue weighted by molar-refractivity contribution is -0.0991. The number of halogens is 1. The Morgan fingerprint density at radius 1 is 1.39 bits per heavy atom. The van der Waals surface area contributed by atoms with Gasteiger partial charge in [0.05, 0.1) is 11.5 Å². The van der Waals surface area contributed by atoms with Gasteiger partial charge in [0.25, 0.3) is 0 Å². The Kier molecular flexibility index (Phi) is 3.38. The van der Waals surface area contributed by atoms with Crippen LogP contribution in [0.4, 0.5) is 4.39 Å². The molecule has 1 atom stereocenters. The van der Waals surface area contributed by atoms with Crippen LogP contribution in [0.15, 0.2) is 24.3 Å². The summed E-state index contributed by atoms with van der Waals surface area (Å²) >= 11 is 0. The molecule has 0 bridgehead atoms. The monoisotopic (exact) mass is 249 g/mol. The third-order valence-electron chi connectivity index (χ3n) is 3.89. The zero-order valence-electron chi connectivity index (χ0n) is 10.3. The second kappa shape index (κ2) is 4.68. The molecule has 1 fully saturated rings. The second-order valence-corrected chi connectivity index (χ2v) is 4.86. The summed E-state index contributed by atoms with van der Waals surface area (Å²) in [6.07, 6.45) is 0.815. The van der Waals surface area contributed by atoms with Crippen LogP contribution in [-0.4, -0.2) is 18.3 Å². The molecule has 0 amide bonds. The molecule has 1 aliphatic heterocycles. The van der Waals surface area contributed by atoms with Crippen molar-refractivity contribution in [2.24, 2.45) is 5.41 Å². The highest BCUT2D eigenvalue weighted by Gasteiger charge is 2.50. The van der Waals surface area contributed by atoms with Gasteiger partial charge in [-0.05, 0) is 25.8 Å². The smallest absolute Gasteiger partial charge is 0.129 e. The Bertz CT molecular complexity index is 473. The van der Waals surface area contributed by atoms with E-state index < -0.39 is 16.8 Å². The van der Waals surface area contributed by atoms with Gasteiger partial charge in [-0.25, -0.2) is 4.39 Å². The zero-order chi connectivity index (χ0) is 13.2. The fourth-order valence-corrected chi connectivity index (χ4v) is 2.54. The van der Waals surface area contributed by atoms with Gasteiger partial charge in [0.2, 0.25) is 0 Å². The summed E-state index contributed by atoms with van der Waals surface area (Å²) in [5, 5.41) is 20.2. The van der Waals surface area contributed by atoms with Crippen molar-refractivity contribution in [2.45, 2.75) is 25.4 Å². The molecule has 96 valence electrons. The van der Waals surface area contributed by atoms with Crippen LogP contribution in [-0.2, 0) is 10.3 Å². The molecule has 1 N–H and O–H groups in total. The Labute approximate surface area is 106 Å². The number of nitriles is 1. The first-order chi connectivity index (χ1) is 8.53. The van der Waals surface area contributed by atoms with Crippen LogP contribution >= 0.6 is 0 Å². The van der Waals surface area contributed by atoms with Crippen LogP contribution in [0.2, 0.25) is 0 Å². The van der Waals surface area contributed by atoms with E-state index in [1.54, 1.807) is 12.1 Å². The normalized spacial score (nSPS) is 21.9. The topological polar surface area (TPSA) is 53.2 Å². The molecule has 2 rings (SSSR count). The summed E-state index contributed by atoms with van der Waals surface area (Å²) in [7, 11) is 0. The van der Waals surface area contributed by atoms with Crippen molar-refractivity contribution in [2.75, 3.05) is 13.2 Å². The number of benzene rings is 1. The molecule has 18 heavy (non-hydrogen) atoms. The third kappa shape index (κ3) is 1.90. The first kappa shape index (κ1) is 13.0. The van der Waals surface area contributed by atoms with E-state index in [0.29, 0.717) is 26.1 Å². The van der Waals surface area contributed by atoms with Crippen LogP contribution in [0.5, 0.6) is 0 Å². The van der Waals surface area contributed by atoms with Crippen LogP contribution in [0.3, 0.4) is 0 Å². The van der Waals surface area contributed by atoms with Crippen LogP contribution < -0.4 is 0 Å². The second-order valence-electron chi connectivity index (χ2n) is 4.86. The first-order valence-electron chi connectivity index (χ1n) is 6.00. The van der Waals surface area contributed by atoms with Gasteiger partial charge < -0.3 is 9.84 Å². The summed E-state index contributed by atoms with van der Waals surface area (Å²) in [5.41, 5.74) is -2.34. The zero-order valence-corrected chi connectivity index (χ0v) is 10.3. The van der Waals surface area contributed by atoms with Crippen LogP contribution in [0.25, 0.3) is 0 Å². The van der Waals surface area contributed by atoms with Crippen molar-refractivity contribution in [3.8, 4) is 6.07 Å². The number of aliphatic hydroxyl groups is 1. The molecule has 0 radical (unpaired) electrons. The Balaban J connectivity index is 2.47. The molecule has 0 spiro atoms. The van der Waals surface area contributed by atoms with Gasteiger partial charge >= 0.3 is 0 Å². The summed E-state index contributed by atoms with van der Waals surface area (Å²) in [6, 6.07) is 8.25. The van der Waals surface area contributed by atoms with Gasteiger partial charge in [-0.1, -0.05) is 18.2 Å². The fourth-order valence-electron chi connectivity index (χ4n) is 2.54. The van der Waals surface area contributed by atoms with Gasteiger partial charge in [0.15, 0.2) is 0 Å². The highest BCUT2D eigenvalue weighted by Crippen LogP contribution is 2.47. The van der Waals surface area contributed by atoms with E-state index in [1.807, 2.05) is 0 Å². The van der Waals surface area contributed by atoms with Crippen LogP contribution in [0.1, 0.15) is 25.3 Å². The fraction of sp³-hybridized carbons (Fsp3) is 0.500. The molecule has 3 nitrogen and oxygen atoms in total. The average Bonchev–Trinajstić information content (AvgIpc) is 2.39. The van der Waals surface area contributed by atoms with Crippen molar-refractivity contribution < 1.29 is 14.2 Å². The Hall–Kier alpha value is -1.44. The van der Waals surface area contributed by atoms with Gasteiger partial charge in [-0.2, -0.15) is 5.26 Å². The van der Waals surface area contributed by atoms with Crippen molar-refractivity contribution in [3.05, 3.63) is 35.6 Å². The SMILES string of the molecule is CC(O)(c1ccccc1F)C1(C#N)CCOCC1. The highest BCUT2D eigenvalue weighted by molar-refractivity contribution is 5.29. The van der Waals surface area contributed by atoms with Crippen molar-refractivity contribution in [3.63, 3.8) is 0 Å². The van der Waals surface area contributed by atoms with E-state index in [9.17, 15) is 14.8 Å². The van der Waals surface area contributed by atoms with Gasteiger partial charge in [0.1, 0.15) is 11.4 Å². The predicted molar refractivity (Wildman–Crippen MR) is 64.1 cm³/mol. The number of hydrogen-bond donors (Lipinski definition) is 1. The summed E-state index contributed by atoms with van der Waals surface area (Å²) in [5.74, 6) is -0.483. The molecular weight excluding hydrogens is 233 g/mol. The van der Waals surface area contributed by atoms with Gasteiger partial charge in [0, 0.05) is 18.8 Å². The number of hydrogen-bond acceptors (Lipinski definition) is 3. The van der Waals surface area contributed by atoms with E-state index >= 15 is 0 Å².